The second kappa shape index (κ2) is 6.39. The van der Waals surface area contributed by atoms with Crippen molar-refractivity contribution in [2.75, 3.05) is 13.2 Å². The third-order valence-electron chi connectivity index (χ3n) is 4.11. The lowest BCUT2D eigenvalue weighted by Gasteiger charge is -2.10. The highest BCUT2D eigenvalue weighted by Crippen LogP contribution is 2.30. The van der Waals surface area contributed by atoms with Gasteiger partial charge in [-0.1, -0.05) is 12.1 Å². The van der Waals surface area contributed by atoms with E-state index < -0.39 is 0 Å². The van der Waals surface area contributed by atoms with Gasteiger partial charge < -0.3 is 9.47 Å². The van der Waals surface area contributed by atoms with Crippen LogP contribution in [0.25, 0.3) is 10.9 Å². The highest BCUT2D eigenvalue weighted by Gasteiger charge is 2.15. The van der Waals surface area contributed by atoms with Gasteiger partial charge in [-0.3, -0.25) is 14.2 Å². The van der Waals surface area contributed by atoms with Crippen molar-refractivity contribution in [2.45, 2.75) is 13.0 Å². The molecule has 4 rings (SSSR count). The Labute approximate surface area is 143 Å². The van der Waals surface area contributed by atoms with Gasteiger partial charge in [0.1, 0.15) is 0 Å². The average molecular weight is 336 g/mol. The Morgan fingerprint density at radius 2 is 1.88 bits per heavy atom. The van der Waals surface area contributed by atoms with E-state index in [9.17, 15) is 9.59 Å². The number of Topliss-reactive ketones (excluding diaryl/α,β-unsaturated/α-hetero) is 1. The zero-order valence-corrected chi connectivity index (χ0v) is 13.5. The Morgan fingerprint density at radius 1 is 1.08 bits per heavy atom. The number of para-hydroxylation sites is 1. The van der Waals surface area contributed by atoms with Crippen LogP contribution < -0.4 is 15.0 Å². The Kier molecular flexibility index (Phi) is 3.93. The van der Waals surface area contributed by atoms with Crippen LogP contribution in [-0.2, 0) is 6.54 Å². The number of carbonyl (C=O) groups is 1. The van der Waals surface area contributed by atoms with E-state index in [2.05, 4.69) is 4.98 Å². The molecule has 2 heterocycles. The van der Waals surface area contributed by atoms with E-state index >= 15 is 0 Å². The highest BCUT2D eigenvalue weighted by atomic mass is 16.5. The van der Waals surface area contributed by atoms with E-state index in [4.69, 9.17) is 9.47 Å². The molecular weight excluding hydrogens is 320 g/mol. The maximum absolute atomic E-state index is 12.6. The van der Waals surface area contributed by atoms with Gasteiger partial charge in [0.25, 0.3) is 5.56 Å². The molecule has 1 aliphatic rings. The number of ether oxygens (including phenoxy) is 2. The fourth-order valence-corrected chi connectivity index (χ4v) is 2.80. The minimum absolute atomic E-state index is 0.0731. The van der Waals surface area contributed by atoms with Crippen LogP contribution in [0.15, 0.2) is 53.6 Å². The largest absolute Gasteiger partial charge is 0.490 e. The van der Waals surface area contributed by atoms with Gasteiger partial charge in [-0.25, -0.2) is 4.98 Å². The molecule has 2 aromatic carbocycles. The SMILES string of the molecule is O=C(Cn1cnc2ccccc2c1=O)c1ccc2c(c1)OCCCO2. The first-order valence-electron chi connectivity index (χ1n) is 8.09. The molecule has 0 N–H and O–H groups in total. The Balaban J connectivity index is 1.63. The third-order valence-corrected chi connectivity index (χ3v) is 4.11. The molecule has 6 heteroatoms. The number of benzene rings is 2. The van der Waals surface area contributed by atoms with Gasteiger partial charge in [0.2, 0.25) is 0 Å². The lowest BCUT2D eigenvalue weighted by Crippen LogP contribution is -2.24. The molecule has 1 aromatic heterocycles. The molecule has 0 radical (unpaired) electrons. The molecule has 0 saturated carbocycles. The molecule has 3 aromatic rings. The normalized spacial score (nSPS) is 13.4. The lowest BCUT2D eigenvalue weighted by atomic mass is 10.1. The summed E-state index contributed by atoms with van der Waals surface area (Å²) in [6.07, 6.45) is 2.21. The number of hydrogen-bond acceptors (Lipinski definition) is 5. The van der Waals surface area contributed by atoms with Crippen molar-refractivity contribution >= 4 is 16.7 Å². The molecule has 0 fully saturated rings. The van der Waals surface area contributed by atoms with Crippen molar-refractivity contribution in [3.8, 4) is 11.5 Å². The minimum Gasteiger partial charge on any atom is -0.490 e. The lowest BCUT2D eigenvalue weighted by molar-refractivity contribution is 0.0970. The Hall–Kier alpha value is -3.15. The monoisotopic (exact) mass is 336 g/mol. The Bertz CT molecular complexity index is 1010. The number of hydrogen-bond donors (Lipinski definition) is 0. The molecule has 0 saturated heterocycles. The first kappa shape index (κ1) is 15.4. The van der Waals surface area contributed by atoms with Crippen LogP contribution in [-0.4, -0.2) is 28.5 Å². The summed E-state index contributed by atoms with van der Waals surface area (Å²) in [5.74, 6) is 1.01. The number of aromatic nitrogens is 2. The predicted molar refractivity (Wildman–Crippen MR) is 92.4 cm³/mol. The third kappa shape index (κ3) is 2.98. The van der Waals surface area contributed by atoms with Crippen molar-refractivity contribution in [1.82, 2.24) is 9.55 Å². The first-order chi connectivity index (χ1) is 12.2. The van der Waals surface area contributed by atoms with Gasteiger partial charge in [0, 0.05) is 12.0 Å². The van der Waals surface area contributed by atoms with Gasteiger partial charge in [-0.15, -0.1) is 0 Å². The van der Waals surface area contributed by atoms with Crippen LogP contribution in [0, 0.1) is 0 Å². The van der Waals surface area contributed by atoms with Crippen molar-refractivity contribution in [3.63, 3.8) is 0 Å². The van der Waals surface area contributed by atoms with Crippen LogP contribution in [0.1, 0.15) is 16.8 Å². The van der Waals surface area contributed by atoms with Crippen LogP contribution in [0.5, 0.6) is 11.5 Å². The van der Waals surface area contributed by atoms with Crippen LogP contribution in [0.2, 0.25) is 0 Å². The number of fused-ring (bicyclic) bond motifs is 2. The minimum atomic E-state index is -0.228. The molecule has 0 spiro atoms. The van der Waals surface area contributed by atoms with Gasteiger partial charge >= 0.3 is 0 Å². The quantitative estimate of drug-likeness (QED) is 0.687. The molecule has 0 unspecified atom stereocenters. The second-order valence-corrected chi connectivity index (χ2v) is 5.83. The van der Waals surface area contributed by atoms with E-state index in [-0.39, 0.29) is 17.9 Å². The predicted octanol–water partition coefficient (Wildman–Crippen LogP) is 2.44. The summed E-state index contributed by atoms with van der Waals surface area (Å²) in [5.41, 5.74) is 0.865. The van der Waals surface area contributed by atoms with Crippen molar-refractivity contribution < 1.29 is 14.3 Å². The summed E-state index contributed by atoms with van der Waals surface area (Å²) in [6, 6.07) is 12.2. The summed E-state index contributed by atoms with van der Waals surface area (Å²) in [5, 5.41) is 0.497. The van der Waals surface area contributed by atoms with E-state index in [0.29, 0.717) is 41.2 Å². The van der Waals surface area contributed by atoms with Crippen molar-refractivity contribution in [2.24, 2.45) is 0 Å². The van der Waals surface area contributed by atoms with Crippen molar-refractivity contribution in [3.05, 3.63) is 64.7 Å². The maximum atomic E-state index is 12.6. The molecule has 1 aliphatic heterocycles. The molecule has 6 nitrogen and oxygen atoms in total. The summed E-state index contributed by atoms with van der Waals surface area (Å²) in [7, 11) is 0. The molecule has 0 aliphatic carbocycles. The summed E-state index contributed by atoms with van der Waals surface area (Å²) in [4.78, 5) is 29.3. The zero-order chi connectivity index (χ0) is 17.2. The van der Waals surface area contributed by atoms with Crippen LogP contribution >= 0.6 is 0 Å². The van der Waals surface area contributed by atoms with Gasteiger partial charge in [-0.05, 0) is 30.3 Å². The zero-order valence-electron chi connectivity index (χ0n) is 13.5. The number of carbonyl (C=O) groups excluding carboxylic acids is 1. The van der Waals surface area contributed by atoms with Crippen LogP contribution in [0.3, 0.4) is 0 Å². The number of ketones is 1. The van der Waals surface area contributed by atoms with Gasteiger partial charge in [0.15, 0.2) is 17.3 Å². The highest BCUT2D eigenvalue weighted by molar-refractivity contribution is 5.96. The molecule has 0 atom stereocenters. The average Bonchev–Trinajstić information content (AvgIpc) is 2.89. The fraction of sp³-hybridized carbons (Fsp3) is 0.211. The number of nitrogens with zero attached hydrogens (tertiary/aromatic N) is 2. The van der Waals surface area contributed by atoms with E-state index in [1.807, 2.05) is 6.07 Å². The smallest absolute Gasteiger partial charge is 0.261 e. The van der Waals surface area contributed by atoms with Gasteiger partial charge in [0.05, 0.1) is 37.0 Å². The molecule has 0 amide bonds. The fourth-order valence-electron chi connectivity index (χ4n) is 2.80. The van der Waals surface area contributed by atoms with E-state index in [0.717, 1.165) is 6.42 Å². The number of rotatable bonds is 3. The summed E-state index contributed by atoms with van der Waals surface area (Å²) in [6.45, 7) is 1.08. The molecule has 0 bridgehead atoms. The maximum Gasteiger partial charge on any atom is 0.261 e. The first-order valence-corrected chi connectivity index (χ1v) is 8.09. The second-order valence-electron chi connectivity index (χ2n) is 5.83. The summed E-state index contributed by atoms with van der Waals surface area (Å²) >= 11 is 0. The van der Waals surface area contributed by atoms with Gasteiger partial charge in [-0.2, -0.15) is 0 Å². The standard InChI is InChI=1S/C19H16N2O4/c22-16(13-6-7-17-18(10-13)25-9-3-8-24-17)11-21-12-20-15-5-2-1-4-14(15)19(21)23/h1-2,4-7,10,12H,3,8-9,11H2. The molecular formula is C19H16N2O4. The summed E-state index contributed by atoms with van der Waals surface area (Å²) < 4.78 is 12.5. The molecule has 25 heavy (non-hydrogen) atoms. The molecule has 126 valence electrons. The van der Waals surface area contributed by atoms with E-state index in [1.54, 1.807) is 36.4 Å². The van der Waals surface area contributed by atoms with Crippen molar-refractivity contribution in [1.29, 1.82) is 0 Å². The Morgan fingerprint density at radius 3 is 2.76 bits per heavy atom. The topological polar surface area (TPSA) is 70.4 Å². The van der Waals surface area contributed by atoms with E-state index in [1.165, 1.54) is 10.9 Å². The van der Waals surface area contributed by atoms with Crippen LogP contribution in [0.4, 0.5) is 0 Å².